The van der Waals surface area contributed by atoms with Crippen LogP contribution in [-0.4, -0.2) is 15.4 Å². The number of rotatable bonds is 3. The van der Waals surface area contributed by atoms with Crippen LogP contribution < -0.4 is 5.32 Å². The Labute approximate surface area is 151 Å². The van der Waals surface area contributed by atoms with E-state index in [1.807, 2.05) is 61.0 Å². The van der Waals surface area contributed by atoms with Gasteiger partial charge in [0.05, 0.1) is 18.4 Å². The van der Waals surface area contributed by atoms with Crippen LogP contribution in [0.25, 0.3) is 0 Å². The molecule has 0 radical (unpaired) electrons. The maximum absolute atomic E-state index is 13.2. The number of carbonyl (C=O) groups is 1. The van der Waals surface area contributed by atoms with Gasteiger partial charge in [0.1, 0.15) is 23.7 Å². The van der Waals surface area contributed by atoms with Crippen LogP contribution in [-0.2, 0) is 13.6 Å². The zero-order valence-electron chi connectivity index (χ0n) is 14.6. The maximum Gasteiger partial charge on any atom is 0.258 e. The second kappa shape index (κ2) is 6.12. The summed E-state index contributed by atoms with van der Waals surface area (Å²) in [5.41, 5.74) is 3.82. The first kappa shape index (κ1) is 16.0. The minimum Gasteiger partial charge on any atom is -0.467 e. The summed E-state index contributed by atoms with van der Waals surface area (Å²) >= 11 is 0. The van der Waals surface area contributed by atoms with Gasteiger partial charge in [-0.2, -0.15) is 5.26 Å². The van der Waals surface area contributed by atoms with Gasteiger partial charge < -0.3 is 19.2 Å². The number of fused-ring (bicyclic) bond motifs is 1. The summed E-state index contributed by atoms with van der Waals surface area (Å²) in [4.78, 5) is 14.9. The first-order chi connectivity index (χ1) is 12.6. The third-order valence-electron chi connectivity index (χ3n) is 4.91. The van der Waals surface area contributed by atoms with Crippen molar-refractivity contribution in [2.75, 3.05) is 5.32 Å². The Bertz CT molecular complexity index is 1010. The molecule has 1 aliphatic heterocycles. The fourth-order valence-electron chi connectivity index (χ4n) is 3.38. The summed E-state index contributed by atoms with van der Waals surface area (Å²) in [7, 11) is 1.85. The van der Waals surface area contributed by atoms with Crippen molar-refractivity contribution in [3.8, 4) is 6.07 Å². The zero-order valence-corrected chi connectivity index (χ0v) is 14.6. The molecule has 1 unspecified atom stereocenters. The van der Waals surface area contributed by atoms with Crippen LogP contribution in [0.5, 0.6) is 0 Å². The fourth-order valence-corrected chi connectivity index (χ4v) is 3.38. The number of nitrogens with one attached hydrogen (secondary N) is 1. The molecule has 26 heavy (non-hydrogen) atoms. The van der Waals surface area contributed by atoms with Crippen LogP contribution in [0.3, 0.4) is 0 Å². The van der Waals surface area contributed by atoms with Crippen molar-refractivity contribution in [1.82, 2.24) is 9.47 Å². The highest BCUT2D eigenvalue weighted by Crippen LogP contribution is 2.36. The number of hydrogen-bond acceptors (Lipinski definition) is 4. The molecule has 0 aliphatic carbocycles. The molecule has 6 nitrogen and oxygen atoms in total. The largest absolute Gasteiger partial charge is 0.467 e. The summed E-state index contributed by atoms with van der Waals surface area (Å²) in [5.74, 6) is 0.640. The molecular formula is C20H18N4O2. The number of nitriles is 1. The first-order valence-electron chi connectivity index (χ1n) is 8.35. The minimum absolute atomic E-state index is 0.0671. The molecule has 6 heteroatoms. The van der Waals surface area contributed by atoms with E-state index in [-0.39, 0.29) is 12.1 Å². The minimum atomic E-state index is -0.379. The van der Waals surface area contributed by atoms with E-state index in [9.17, 15) is 10.1 Å². The number of furan rings is 1. The number of para-hydroxylation sites is 1. The summed E-state index contributed by atoms with van der Waals surface area (Å²) in [6.45, 7) is 2.29. The number of amides is 1. The van der Waals surface area contributed by atoms with E-state index in [0.29, 0.717) is 23.6 Å². The van der Waals surface area contributed by atoms with Crippen LogP contribution in [0.15, 0.2) is 53.1 Å². The average molecular weight is 346 g/mol. The lowest BCUT2D eigenvalue weighted by atomic mass is 10.0. The van der Waals surface area contributed by atoms with E-state index < -0.39 is 0 Å². The molecule has 0 fully saturated rings. The van der Waals surface area contributed by atoms with Crippen LogP contribution in [0.4, 0.5) is 5.69 Å². The molecule has 4 rings (SSSR count). The molecule has 0 spiro atoms. The van der Waals surface area contributed by atoms with Crippen LogP contribution in [0.2, 0.25) is 0 Å². The predicted molar refractivity (Wildman–Crippen MR) is 96.3 cm³/mol. The van der Waals surface area contributed by atoms with Crippen molar-refractivity contribution in [2.24, 2.45) is 7.05 Å². The number of benzene rings is 1. The quantitative estimate of drug-likeness (QED) is 0.787. The van der Waals surface area contributed by atoms with Gasteiger partial charge in [0.15, 0.2) is 0 Å². The van der Waals surface area contributed by atoms with Gasteiger partial charge in [-0.05, 0) is 37.3 Å². The molecular weight excluding hydrogens is 328 g/mol. The van der Waals surface area contributed by atoms with Crippen molar-refractivity contribution in [1.29, 1.82) is 5.26 Å². The fraction of sp³-hybridized carbons (Fsp3) is 0.200. The van der Waals surface area contributed by atoms with Crippen LogP contribution in [0.1, 0.15) is 39.2 Å². The lowest BCUT2D eigenvalue weighted by Gasteiger charge is -2.37. The van der Waals surface area contributed by atoms with Gasteiger partial charge in [-0.3, -0.25) is 4.79 Å². The average Bonchev–Trinajstić information content (AvgIpc) is 3.26. The van der Waals surface area contributed by atoms with Crippen molar-refractivity contribution in [3.63, 3.8) is 0 Å². The Morgan fingerprint density at radius 1 is 1.27 bits per heavy atom. The molecule has 1 N–H and O–H groups in total. The molecule has 1 aliphatic rings. The van der Waals surface area contributed by atoms with E-state index in [4.69, 9.17) is 4.42 Å². The highest BCUT2D eigenvalue weighted by Gasteiger charge is 2.35. The molecule has 2 aromatic heterocycles. The third kappa shape index (κ3) is 2.45. The maximum atomic E-state index is 13.2. The summed E-state index contributed by atoms with van der Waals surface area (Å²) in [6.07, 6.45) is 1.22. The van der Waals surface area contributed by atoms with E-state index >= 15 is 0 Å². The predicted octanol–water partition coefficient (Wildman–Crippen LogP) is 3.56. The SMILES string of the molecule is Cc1c(C2Nc3ccccc3C(=O)N2Cc2ccco2)cc(C#N)n1C. The van der Waals surface area contributed by atoms with E-state index in [1.54, 1.807) is 11.2 Å². The van der Waals surface area contributed by atoms with Gasteiger partial charge in [0.25, 0.3) is 5.91 Å². The molecule has 1 atom stereocenters. The Morgan fingerprint density at radius 2 is 2.08 bits per heavy atom. The second-order valence-electron chi connectivity index (χ2n) is 6.35. The van der Waals surface area contributed by atoms with Gasteiger partial charge in [-0.25, -0.2) is 0 Å². The summed E-state index contributed by atoms with van der Waals surface area (Å²) < 4.78 is 7.30. The van der Waals surface area contributed by atoms with Gasteiger partial charge in [-0.1, -0.05) is 12.1 Å². The molecule has 1 amide bonds. The topological polar surface area (TPSA) is 74.2 Å². The Hall–Kier alpha value is -3.46. The number of carbonyl (C=O) groups excluding carboxylic acids is 1. The Kier molecular flexibility index (Phi) is 3.77. The Balaban J connectivity index is 1.82. The molecule has 0 saturated carbocycles. The lowest BCUT2D eigenvalue weighted by molar-refractivity contribution is 0.0651. The van der Waals surface area contributed by atoms with Gasteiger partial charge in [-0.15, -0.1) is 0 Å². The molecule has 130 valence electrons. The lowest BCUT2D eigenvalue weighted by Crippen LogP contribution is -2.42. The first-order valence-corrected chi connectivity index (χ1v) is 8.35. The van der Waals surface area contributed by atoms with E-state index in [1.165, 1.54) is 0 Å². The summed E-state index contributed by atoms with van der Waals surface area (Å²) in [6, 6.07) is 15.2. The van der Waals surface area contributed by atoms with Crippen LogP contribution >= 0.6 is 0 Å². The van der Waals surface area contributed by atoms with Crippen molar-refractivity contribution in [3.05, 3.63) is 77.0 Å². The molecule has 3 heterocycles. The highest BCUT2D eigenvalue weighted by molar-refractivity contribution is 6.01. The van der Waals surface area contributed by atoms with Gasteiger partial charge >= 0.3 is 0 Å². The van der Waals surface area contributed by atoms with Crippen molar-refractivity contribution in [2.45, 2.75) is 19.6 Å². The second-order valence-corrected chi connectivity index (χ2v) is 6.35. The molecule has 0 bridgehead atoms. The van der Waals surface area contributed by atoms with Gasteiger partial charge in [0.2, 0.25) is 0 Å². The van der Waals surface area contributed by atoms with Crippen molar-refractivity contribution >= 4 is 11.6 Å². The zero-order chi connectivity index (χ0) is 18.3. The van der Waals surface area contributed by atoms with E-state index in [0.717, 1.165) is 16.9 Å². The number of hydrogen-bond donors (Lipinski definition) is 1. The van der Waals surface area contributed by atoms with Gasteiger partial charge in [0, 0.05) is 24.0 Å². The monoisotopic (exact) mass is 346 g/mol. The number of aromatic nitrogens is 1. The standard InChI is InChI=1S/C20H18N4O2/c1-13-17(10-14(11-21)23(13)2)19-22-18-8-4-3-7-16(18)20(25)24(19)12-15-6-5-9-26-15/h3-10,19,22H,12H2,1-2H3. The number of nitrogens with zero attached hydrogens (tertiary/aromatic N) is 3. The molecule has 0 saturated heterocycles. The highest BCUT2D eigenvalue weighted by atomic mass is 16.3. The molecule has 1 aromatic carbocycles. The van der Waals surface area contributed by atoms with Crippen molar-refractivity contribution < 1.29 is 9.21 Å². The van der Waals surface area contributed by atoms with E-state index in [2.05, 4.69) is 11.4 Å². The molecule has 3 aromatic rings. The summed E-state index contributed by atoms with van der Waals surface area (Å²) in [5, 5.41) is 12.8. The third-order valence-corrected chi connectivity index (χ3v) is 4.91. The smallest absolute Gasteiger partial charge is 0.258 e. The van der Waals surface area contributed by atoms with Crippen LogP contribution in [0, 0.1) is 18.3 Å². The normalized spacial score (nSPS) is 16.1. The Morgan fingerprint density at radius 3 is 2.77 bits per heavy atom. The number of anilines is 1.